The summed E-state index contributed by atoms with van der Waals surface area (Å²) < 4.78 is 28.0. The highest BCUT2D eigenvalue weighted by molar-refractivity contribution is 7.93. The molecule has 2 rings (SSSR count). The van der Waals surface area contributed by atoms with Crippen molar-refractivity contribution >= 4 is 26.5 Å². The Hall–Kier alpha value is -1.47. The third-order valence-corrected chi connectivity index (χ3v) is 6.96. The van der Waals surface area contributed by atoms with Gasteiger partial charge >= 0.3 is 0 Å². The molecule has 1 atom stereocenters. The van der Waals surface area contributed by atoms with Crippen LogP contribution < -0.4 is 4.72 Å². The van der Waals surface area contributed by atoms with E-state index in [0.717, 1.165) is 18.4 Å². The van der Waals surface area contributed by atoms with Crippen LogP contribution in [0.25, 0.3) is 0 Å². The van der Waals surface area contributed by atoms with Crippen LogP contribution >= 0.6 is 11.3 Å². The van der Waals surface area contributed by atoms with Crippen molar-refractivity contribution in [2.45, 2.75) is 82.4 Å². The molecule has 2 aromatic rings. The van der Waals surface area contributed by atoms with Gasteiger partial charge in [0.25, 0.3) is 10.0 Å². The lowest BCUT2D eigenvalue weighted by Gasteiger charge is -2.16. The molecule has 0 spiro atoms. The van der Waals surface area contributed by atoms with Crippen LogP contribution in [0, 0.1) is 0 Å². The van der Waals surface area contributed by atoms with Crippen LogP contribution in [0.15, 0.2) is 34.7 Å². The Kier molecular flexibility index (Phi) is 9.21. The molecule has 1 aromatic carbocycles. The Morgan fingerprint density at radius 3 is 2.37 bits per heavy atom. The van der Waals surface area contributed by atoms with Crippen LogP contribution in [-0.2, 0) is 10.0 Å². The molecular weight excluding hydrogens is 378 g/mol. The van der Waals surface area contributed by atoms with Crippen molar-refractivity contribution in [3.63, 3.8) is 0 Å². The molecule has 0 saturated heterocycles. The zero-order valence-electron chi connectivity index (χ0n) is 16.4. The zero-order chi connectivity index (χ0) is 19.5. The van der Waals surface area contributed by atoms with Gasteiger partial charge in [0.1, 0.15) is 5.51 Å². The van der Waals surface area contributed by atoms with Crippen LogP contribution in [0.3, 0.4) is 0 Å². The minimum absolute atomic E-state index is 0.201. The van der Waals surface area contributed by atoms with E-state index in [4.69, 9.17) is 0 Å². The van der Waals surface area contributed by atoms with Gasteiger partial charge in [-0.2, -0.15) is 0 Å². The van der Waals surface area contributed by atoms with E-state index in [1.165, 1.54) is 61.8 Å². The van der Waals surface area contributed by atoms with Crippen LogP contribution in [0.5, 0.6) is 0 Å². The minimum Gasteiger partial charge on any atom is -0.253 e. The first-order valence-electron chi connectivity index (χ1n) is 9.92. The van der Waals surface area contributed by atoms with Gasteiger partial charge in [-0.25, -0.2) is 8.42 Å². The van der Waals surface area contributed by atoms with Gasteiger partial charge in [-0.1, -0.05) is 94.7 Å². The average molecular weight is 410 g/mol. The van der Waals surface area contributed by atoms with E-state index in [1.54, 1.807) is 12.1 Å². The van der Waals surface area contributed by atoms with Gasteiger partial charge in [0.05, 0.1) is 4.90 Å². The van der Waals surface area contributed by atoms with Crippen LogP contribution in [0.2, 0.25) is 0 Å². The Bertz CT molecular complexity index is 761. The molecule has 0 bridgehead atoms. The highest BCUT2D eigenvalue weighted by Gasteiger charge is 2.22. The summed E-state index contributed by atoms with van der Waals surface area (Å²) in [5.41, 5.74) is 2.38. The first-order valence-corrected chi connectivity index (χ1v) is 12.3. The number of rotatable bonds is 13. The zero-order valence-corrected chi connectivity index (χ0v) is 18.0. The summed E-state index contributed by atoms with van der Waals surface area (Å²) >= 11 is 1.17. The van der Waals surface area contributed by atoms with Gasteiger partial charge in [0, 0.05) is 0 Å². The molecule has 1 unspecified atom stereocenters. The molecule has 7 heteroatoms. The predicted molar refractivity (Wildman–Crippen MR) is 113 cm³/mol. The summed E-state index contributed by atoms with van der Waals surface area (Å²) in [7, 11) is -3.65. The normalized spacial score (nSPS) is 12.8. The molecule has 0 radical (unpaired) electrons. The number of benzene rings is 1. The van der Waals surface area contributed by atoms with Gasteiger partial charge in [0.15, 0.2) is 0 Å². The van der Waals surface area contributed by atoms with E-state index >= 15 is 0 Å². The number of nitrogens with zero attached hydrogens (tertiary/aromatic N) is 2. The average Bonchev–Trinajstić information content (AvgIpc) is 3.16. The van der Waals surface area contributed by atoms with Crippen molar-refractivity contribution in [1.82, 2.24) is 10.2 Å². The highest BCUT2D eigenvalue weighted by atomic mass is 32.2. The Morgan fingerprint density at radius 1 is 1.04 bits per heavy atom. The molecule has 27 heavy (non-hydrogen) atoms. The summed E-state index contributed by atoms with van der Waals surface area (Å²) in [6.07, 6.45) is 11.2. The first kappa shape index (κ1) is 21.8. The van der Waals surface area contributed by atoms with E-state index in [1.807, 2.05) is 12.1 Å². The fraction of sp³-hybridized carbons (Fsp3) is 0.600. The summed E-state index contributed by atoms with van der Waals surface area (Å²) in [6, 6.07) is 7.26. The van der Waals surface area contributed by atoms with Gasteiger partial charge in [-0.3, -0.25) is 4.72 Å². The van der Waals surface area contributed by atoms with Gasteiger partial charge in [-0.15, -0.1) is 10.2 Å². The van der Waals surface area contributed by atoms with E-state index < -0.39 is 10.0 Å². The standard InChI is InChI=1S/C20H31N3O2S2/c1-3-4-5-6-7-8-9-10-13-17(2)18-14-11-12-15-19(18)27(24,25)23-20-22-21-16-26-20/h11-12,14-17H,3-10,13H2,1-2H3,(H,22,23). The monoisotopic (exact) mass is 409 g/mol. The third kappa shape index (κ3) is 7.22. The Morgan fingerprint density at radius 2 is 1.70 bits per heavy atom. The molecule has 0 aliphatic rings. The first-order chi connectivity index (χ1) is 13.0. The van der Waals surface area contributed by atoms with Crippen molar-refractivity contribution < 1.29 is 8.42 Å². The van der Waals surface area contributed by atoms with Gasteiger partial charge < -0.3 is 0 Å². The lowest BCUT2D eigenvalue weighted by Crippen LogP contribution is -2.16. The van der Waals surface area contributed by atoms with E-state index in [9.17, 15) is 8.42 Å². The van der Waals surface area contributed by atoms with E-state index in [0.29, 0.717) is 10.0 Å². The number of sulfonamides is 1. The quantitative estimate of drug-likeness (QED) is 0.413. The van der Waals surface area contributed by atoms with Crippen LogP contribution in [0.4, 0.5) is 5.13 Å². The maximum absolute atomic E-state index is 12.8. The minimum atomic E-state index is -3.65. The summed E-state index contributed by atoms with van der Waals surface area (Å²) in [6.45, 7) is 4.35. The maximum Gasteiger partial charge on any atom is 0.263 e. The second-order valence-corrected chi connectivity index (χ2v) is 9.54. The van der Waals surface area contributed by atoms with Crippen molar-refractivity contribution in [2.75, 3.05) is 4.72 Å². The molecule has 5 nitrogen and oxygen atoms in total. The maximum atomic E-state index is 12.8. The van der Waals surface area contributed by atoms with Gasteiger partial charge in [-0.05, 0) is 24.0 Å². The molecule has 0 fully saturated rings. The largest absolute Gasteiger partial charge is 0.263 e. The number of hydrogen-bond acceptors (Lipinski definition) is 5. The number of hydrogen-bond donors (Lipinski definition) is 1. The summed E-state index contributed by atoms with van der Waals surface area (Å²) in [5.74, 6) is 0.201. The number of anilines is 1. The predicted octanol–water partition coefficient (Wildman–Crippen LogP) is 5.97. The van der Waals surface area contributed by atoms with Crippen LogP contribution in [-0.4, -0.2) is 18.6 Å². The molecule has 1 heterocycles. The van der Waals surface area contributed by atoms with Crippen molar-refractivity contribution in [3.8, 4) is 0 Å². The molecule has 1 aromatic heterocycles. The number of aromatic nitrogens is 2. The van der Waals surface area contributed by atoms with Crippen molar-refractivity contribution in [3.05, 3.63) is 35.3 Å². The fourth-order valence-electron chi connectivity index (χ4n) is 3.26. The summed E-state index contributed by atoms with van der Waals surface area (Å²) in [5, 5.41) is 7.75. The second kappa shape index (κ2) is 11.4. The van der Waals surface area contributed by atoms with Gasteiger partial charge in [0.2, 0.25) is 5.13 Å². The Balaban J connectivity index is 1.88. The molecular formula is C20H31N3O2S2. The molecule has 0 aliphatic carbocycles. The Labute approximate surface area is 167 Å². The SMILES string of the molecule is CCCCCCCCCCC(C)c1ccccc1S(=O)(=O)Nc1nncs1. The number of unbranched alkanes of at least 4 members (excludes halogenated alkanes) is 7. The molecule has 150 valence electrons. The van der Waals surface area contributed by atoms with Crippen molar-refractivity contribution in [1.29, 1.82) is 0 Å². The van der Waals surface area contributed by atoms with E-state index in [2.05, 4.69) is 28.8 Å². The van der Waals surface area contributed by atoms with Crippen LogP contribution in [0.1, 0.15) is 83.1 Å². The second-order valence-electron chi connectivity index (χ2n) is 7.05. The van der Waals surface area contributed by atoms with E-state index in [-0.39, 0.29) is 5.92 Å². The lowest BCUT2D eigenvalue weighted by molar-refractivity contribution is 0.539. The summed E-state index contributed by atoms with van der Waals surface area (Å²) in [4.78, 5) is 0.340. The topological polar surface area (TPSA) is 72.0 Å². The molecule has 0 saturated carbocycles. The fourth-order valence-corrected chi connectivity index (χ4v) is 5.29. The smallest absolute Gasteiger partial charge is 0.253 e. The lowest BCUT2D eigenvalue weighted by atomic mass is 9.94. The molecule has 0 aliphatic heterocycles. The highest BCUT2D eigenvalue weighted by Crippen LogP contribution is 2.29. The number of nitrogens with one attached hydrogen (secondary N) is 1. The molecule has 1 N–H and O–H groups in total. The molecule has 0 amide bonds. The van der Waals surface area contributed by atoms with Crippen molar-refractivity contribution in [2.24, 2.45) is 0 Å². The third-order valence-electron chi connectivity index (χ3n) is 4.81.